The fourth-order valence-electron chi connectivity index (χ4n) is 2.03. The fraction of sp³-hybridized carbons (Fsp3) is 0.214. The van der Waals surface area contributed by atoms with Crippen molar-refractivity contribution >= 4 is 18.1 Å². The number of halogens is 6. The van der Waals surface area contributed by atoms with E-state index in [-0.39, 0.29) is 12.0 Å². The highest BCUT2D eigenvalue weighted by molar-refractivity contribution is 6.30. The number of aromatic nitrogens is 1. The van der Waals surface area contributed by atoms with Gasteiger partial charge in [0.05, 0.1) is 11.3 Å². The Labute approximate surface area is 132 Å². The van der Waals surface area contributed by atoms with Gasteiger partial charge < -0.3 is 9.72 Å². The molecule has 1 unspecified atom stereocenters. The summed E-state index contributed by atoms with van der Waals surface area (Å²) in [5.74, 6) is -5.10. The van der Waals surface area contributed by atoms with Crippen LogP contribution in [0.3, 0.4) is 0 Å². The van der Waals surface area contributed by atoms with Crippen LogP contribution >= 0.6 is 11.6 Å². The number of ether oxygens (including phenoxy) is 1. The Morgan fingerprint density at radius 2 is 1.70 bits per heavy atom. The van der Waals surface area contributed by atoms with Gasteiger partial charge in [0.15, 0.2) is 6.10 Å². The van der Waals surface area contributed by atoms with Gasteiger partial charge in [0.25, 0.3) is 6.47 Å². The Morgan fingerprint density at radius 1 is 1.09 bits per heavy atom. The highest BCUT2D eigenvalue weighted by Crippen LogP contribution is 2.46. The summed E-state index contributed by atoms with van der Waals surface area (Å²) >= 11 is 5.70. The second kappa shape index (κ2) is 6.19. The molecule has 1 aromatic heterocycles. The van der Waals surface area contributed by atoms with Crippen LogP contribution in [0.25, 0.3) is 0 Å². The van der Waals surface area contributed by atoms with Gasteiger partial charge in [-0.05, 0) is 23.8 Å². The Bertz CT molecular complexity index is 681. The molecule has 0 amide bonds. The number of H-pyrrole nitrogens is 1. The molecule has 0 aliphatic carbocycles. The molecule has 0 aliphatic heterocycles. The number of benzene rings is 1. The maximum Gasteiger partial charge on any atom is 0.458 e. The molecule has 23 heavy (non-hydrogen) atoms. The molecule has 0 spiro atoms. The molecule has 0 saturated carbocycles. The number of alkyl halides is 5. The lowest BCUT2D eigenvalue weighted by Crippen LogP contribution is -2.34. The fourth-order valence-corrected chi connectivity index (χ4v) is 2.16. The van der Waals surface area contributed by atoms with E-state index >= 15 is 0 Å². The summed E-state index contributed by atoms with van der Waals surface area (Å²) in [6.45, 7) is -0.0321. The average molecular weight is 354 g/mol. The predicted octanol–water partition coefficient (Wildman–Crippen LogP) is 4.58. The lowest BCUT2D eigenvalue weighted by Gasteiger charge is -2.23. The number of hydrogen-bond donors (Lipinski definition) is 1. The lowest BCUT2D eigenvalue weighted by molar-refractivity contribution is -0.289. The van der Waals surface area contributed by atoms with Crippen LogP contribution < -0.4 is 0 Å². The van der Waals surface area contributed by atoms with Crippen LogP contribution in [0.4, 0.5) is 22.0 Å². The molecule has 3 nitrogen and oxygen atoms in total. The third kappa shape index (κ3) is 3.31. The first kappa shape index (κ1) is 17.3. The summed E-state index contributed by atoms with van der Waals surface area (Å²) in [5, 5.41) is 0.325. The number of rotatable bonds is 5. The van der Waals surface area contributed by atoms with Crippen LogP contribution in [-0.2, 0) is 15.5 Å². The maximum absolute atomic E-state index is 13.6. The van der Waals surface area contributed by atoms with E-state index in [9.17, 15) is 26.7 Å². The number of hydrogen-bond acceptors (Lipinski definition) is 2. The third-order valence-corrected chi connectivity index (χ3v) is 3.35. The largest absolute Gasteiger partial charge is 0.458 e. The Morgan fingerprint density at radius 3 is 2.22 bits per heavy atom. The lowest BCUT2D eigenvalue weighted by atomic mass is 10.00. The molecule has 1 atom stereocenters. The summed E-state index contributed by atoms with van der Waals surface area (Å²) < 4.78 is 69.7. The van der Waals surface area contributed by atoms with Gasteiger partial charge in [-0.2, -0.15) is 22.0 Å². The maximum atomic E-state index is 13.6. The van der Waals surface area contributed by atoms with Crippen molar-refractivity contribution in [3.8, 4) is 0 Å². The molecule has 1 N–H and O–H groups in total. The molecule has 124 valence electrons. The van der Waals surface area contributed by atoms with E-state index in [2.05, 4.69) is 4.98 Å². The van der Waals surface area contributed by atoms with Crippen molar-refractivity contribution in [3.63, 3.8) is 0 Å². The minimum Gasteiger partial charge on any atom is -0.453 e. The SMILES string of the molecule is O=COC(c1ccc(Cl)cc1)c1[nH]ccc1C(F)(F)C(F)(F)F. The molecule has 2 aromatic rings. The molecule has 9 heteroatoms. The van der Waals surface area contributed by atoms with Crippen LogP contribution in [-0.4, -0.2) is 17.6 Å². The van der Waals surface area contributed by atoms with Gasteiger partial charge in [-0.3, -0.25) is 4.79 Å². The van der Waals surface area contributed by atoms with E-state index in [0.29, 0.717) is 11.1 Å². The molecule has 0 bridgehead atoms. The summed E-state index contributed by atoms with van der Waals surface area (Å²) in [7, 11) is 0. The van der Waals surface area contributed by atoms with Crippen molar-refractivity contribution in [1.82, 2.24) is 4.98 Å². The van der Waals surface area contributed by atoms with Crippen LogP contribution in [0.2, 0.25) is 5.02 Å². The van der Waals surface area contributed by atoms with Crippen LogP contribution in [0.1, 0.15) is 22.9 Å². The normalized spacial score (nSPS) is 13.7. The van der Waals surface area contributed by atoms with Gasteiger partial charge in [-0.15, -0.1) is 0 Å². The zero-order chi connectivity index (χ0) is 17.3. The van der Waals surface area contributed by atoms with E-state index < -0.39 is 29.5 Å². The summed E-state index contributed by atoms with van der Waals surface area (Å²) in [4.78, 5) is 12.9. The average Bonchev–Trinajstić information content (AvgIpc) is 2.94. The minimum absolute atomic E-state index is 0.0321. The Kier molecular flexibility index (Phi) is 4.65. The number of aromatic amines is 1. The van der Waals surface area contributed by atoms with Crippen molar-refractivity contribution in [2.24, 2.45) is 0 Å². The van der Waals surface area contributed by atoms with Crippen LogP contribution in [0.5, 0.6) is 0 Å². The summed E-state index contributed by atoms with van der Waals surface area (Å²) in [6.07, 6.45) is -6.32. The molecule has 0 aliphatic rings. The molecule has 0 radical (unpaired) electrons. The molecule has 1 aromatic carbocycles. The topological polar surface area (TPSA) is 42.1 Å². The van der Waals surface area contributed by atoms with Crippen molar-refractivity contribution in [2.75, 3.05) is 0 Å². The monoisotopic (exact) mass is 353 g/mol. The van der Waals surface area contributed by atoms with Gasteiger partial charge in [-0.1, -0.05) is 23.7 Å². The molecule has 1 heterocycles. The highest BCUT2D eigenvalue weighted by atomic mass is 35.5. The van der Waals surface area contributed by atoms with Crippen molar-refractivity contribution < 1.29 is 31.5 Å². The first-order valence-corrected chi connectivity index (χ1v) is 6.53. The van der Waals surface area contributed by atoms with E-state index in [1.807, 2.05) is 0 Å². The third-order valence-electron chi connectivity index (χ3n) is 3.10. The standard InChI is InChI=1S/C14H9ClF5NO2/c15-9-3-1-8(2-4-9)12(23-7-22)11-10(5-6-21-11)13(16,17)14(18,19)20/h1-7,12,21H. The molecule has 0 saturated heterocycles. The Balaban J connectivity index is 2.52. The smallest absolute Gasteiger partial charge is 0.453 e. The van der Waals surface area contributed by atoms with Gasteiger partial charge in [0.1, 0.15) is 0 Å². The molecule has 0 fully saturated rings. The van der Waals surface area contributed by atoms with E-state index in [0.717, 1.165) is 6.20 Å². The molecular formula is C14H9ClF5NO2. The van der Waals surface area contributed by atoms with Gasteiger partial charge >= 0.3 is 12.1 Å². The second-order valence-electron chi connectivity index (χ2n) is 4.54. The summed E-state index contributed by atoms with van der Waals surface area (Å²) in [6, 6.07) is 6.09. The van der Waals surface area contributed by atoms with Gasteiger partial charge in [0, 0.05) is 11.2 Å². The zero-order valence-corrected chi connectivity index (χ0v) is 12.0. The van der Waals surface area contributed by atoms with Crippen LogP contribution in [0.15, 0.2) is 36.5 Å². The molecule has 2 rings (SSSR count). The zero-order valence-electron chi connectivity index (χ0n) is 11.2. The quantitative estimate of drug-likeness (QED) is 0.631. The number of nitrogens with one attached hydrogen (secondary N) is 1. The Hall–Kier alpha value is -2.09. The van der Waals surface area contributed by atoms with E-state index in [1.165, 1.54) is 24.3 Å². The van der Waals surface area contributed by atoms with Gasteiger partial charge in [0.2, 0.25) is 0 Å². The van der Waals surface area contributed by atoms with Crippen molar-refractivity contribution in [2.45, 2.75) is 18.2 Å². The molecular weight excluding hydrogens is 345 g/mol. The first-order valence-electron chi connectivity index (χ1n) is 6.15. The van der Waals surface area contributed by atoms with Gasteiger partial charge in [-0.25, -0.2) is 0 Å². The number of carbonyl (C=O) groups excluding carboxylic acids is 1. The van der Waals surface area contributed by atoms with E-state index in [4.69, 9.17) is 16.3 Å². The first-order chi connectivity index (χ1) is 10.7. The van der Waals surface area contributed by atoms with Crippen molar-refractivity contribution in [1.29, 1.82) is 0 Å². The second-order valence-corrected chi connectivity index (χ2v) is 4.98. The predicted molar refractivity (Wildman–Crippen MR) is 71.2 cm³/mol. The van der Waals surface area contributed by atoms with Crippen LogP contribution in [0, 0.1) is 0 Å². The summed E-state index contributed by atoms with van der Waals surface area (Å²) in [5.41, 5.74) is -1.70. The highest BCUT2D eigenvalue weighted by Gasteiger charge is 2.60. The van der Waals surface area contributed by atoms with E-state index in [1.54, 1.807) is 0 Å². The minimum atomic E-state index is -5.78. The van der Waals surface area contributed by atoms with Crippen molar-refractivity contribution in [3.05, 3.63) is 58.4 Å². The number of carbonyl (C=O) groups is 1.